The van der Waals surface area contributed by atoms with Crippen molar-refractivity contribution in [1.29, 1.82) is 5.26 Å². The zero-order chi connectivity index (χ0) is 13.3. The fraction of sp³-hybridized carbons (Fsp3) is 0.308. The van der Waals surface area contributed by atoms with Gasteiger partial charge in [-0.1, -0.05) is 36.7 Å². The van der Waals surface area contributed by atoms with Crippen LogP contribution in [0.2, 0.25) is 5.02 Å². The molecule has 1 aromatic heterocycles. The van der Waals surface area contributed by atoms with Crippen molar-refractivity contribution in [3.05, 3.63) is 40.2 Å². The Morgan fingerprint density at radius 1 is 1.39 bits per heavy atom. The van der Waals surface area contributed by atoms with E-state index in [2.05, 4.69) is 16.4 Å². The highest BCUT2D eigenvalue weighted by molar-refractivity contribution is 6.31. The highest BCUT2D eigenvalue weighted by atomic mass is 35.5. The van der Waals surface area contributed by atoms with Gasteiger partial charge in [-0.25, -0.2) is 4.68 Å². The van der Waals surface area contributed by atoms with Gasteiger partial charge in [0.05, 0.1) is 11.4 Å². The number of halogens is 1. The molecular weight excluding hydrogens is 248 g/mol. The highest BCUT2D eigenvalue weighted by Gasteiger charge is 2.18. The van der Waals surface area contributed by atoms with Crippen molar-refractivity contribution in [3.8, 4) is 11.8 Å². The standard InChI is InChI=1S/C13H13ClN4/c1-8(2)13-11(7-15)16-17-18(13)12-6-4-5-10(14)9(12)3/h4-6,8H,1-3H3. The van der Waals surface area contributed by atoms with E-state index in [1.165, 1.54) is 0 Å². The minimum Gasteiger partial charge on any atom is -0.216 e. The molecule has 18 heavy (non-hydrogen) atoms. The van der Waals surface area contributed by atoms with Gasteiger partial charge in [-0.05, 0) is 30.5 Å². The number of rotatable bonds is 2. The molecule has 0 aliphatic carbocycles. The Bertz CT molecular complexity index is 622. The van der Waals surface area contributed by atoms with E-state index in [9.17, 15) is 0 Å². The van der Waals surface area contributed by atoms with E-state index in [1.807, 2.05) is 39.0 Å². The largest absolute Gasteiger partial charge is 0.216 e. The van der Waals surface area contributed by atoms with Crippen LogP contribution in [0.25, 0.3) is 5.69 Å². The topological polar surface area (TPSA) is 54.5 Å². The zero-order valence-corrected chi connectivity index (χ0v) is 11.2. The second-order valence-corrected chi connectivity index (χ2v) is 4.79. The molecule has 0 aliphatic rings. The normalized spacial score (nSPS) is 10.7. The Kier molecular flexibility index (Phi) is 3.35. The van der Waals surface area contributed by atoms with Gasteiger partial charge in [0.25, 0.3) is 0 Å². The van der Waals surface area contributed by atoms with Crippen LogP contribution in [0.5, 0.6) is 0 Å². The van der Waals surface area contributed by atoms with Crippen molar-refractivity contribution >= 4 is 11.6 Å². The van der Waals surface area contributed by atoms with Gasteiger partial charge in [-0.15, -0.1) is 5.10 Å². The molecule has 0 bridgehead atoms. The highest BCUT2D eigenvalue weighted by Crippen LogP contribution is 2.26. The molecule has 0 amide bonds. The second-order valence-electron chi connectivity index (χ2n) is 4.39. The van der Waals surface area contributed by atoms with Crippen LogP contribution >= 0.6 is 11.6 Å². The summed E-state index contributed by atoms with van der Waals surface area (Å²) in [6.07, 6.45) is 0. The summed E-state index contributed by atoms with van der Waals surface area (Å²) in [5.74, 6) is 0.160. The molecule has 0 N–H and O–H groups in total. The molecule has 0 unspecified atom stereocenters. The Morgan fingerprint density at radius 2 is 2.11 bits per heavy atom. The lowest BCUT2D eigenvalue weighted by Gasteiger charge is -2.12. The van der Waals surface area contributed by atoms with Crippen LogP contribution in [0.3, 0.4) is 0 Å². The molecule has 92 valence electrons. The lowest BCUT2D eigenvalue weighted by molar-refractivity contribution is 0.712. The average Bonchev–Trinajstić information content (AvgIpc) is 2.76. The zero-order valence-electron chi connectivity index (χ0n) is 10.5. The molecule has 0 saturated carbocycles. The molecule has 2 aromatic rings. The predicted molar refractivity (Wildman–Crippen MR) is 69.9 cm³/mol. The number of benzene rings is 1. The molecular formula is C13H13ClN4. The van der Waals surface area contributed by atoms with Crippen LogP contribution in [0.4, 0.5) is 0 Å². The predicted octanol–water partition coefficient (Wildman–Crippen LogP) is 3.22. The van der Waals surface area contributed by atoms with E-state index < -0.39 is 0 Å². The summed E-state index contributed by atoms with van der Waals surface area (Å²) < 4.78 is 1.70. The third kappa shape index (κ3) is 1.98. The smallest absolute Gasteiger partial charge is 0.186 e. The molecule has 5 heteroatoms. The first-order valence-corrected chi connectivity index (χ1v) is 6.05. The van der Waals surface area contributed by atoms with Gasteiger partial charge in [0.2, 0.25) is 0 Å². The van der Waals surface area contributed by atoms with Crippen molar-refractivity contribution in [2.45, 2.75) is 26.7 Å². The third-order valence-corrected chi connectivity index (χ3v) is 3.23. The van der Waals surface area contributed by atoms with E-state index in [1.54, 1.807) is 4.68 Å². The maximum absolute atomic E-state index is 9.06. The first-order valence-electron chi connectivity index (χ1n) is 5.67. The van der Waals surface area contributed by atoms with Crippen molar-refractivity contribution in [2.24, 2.45) is 0 Å². The number of nitriles is 1. The first kappa shape index (κ1) is 12.6. The van der Waals surface area contributed by atoms with Gasteiger partial charge in [-0.3, -0.25) is 0 Å². The van der Waals surface area contributed by atoms with Gasteiger partial charge < -0.3 is 0 Å². The van der Waals surface area contributed by atoms with Crippen molar-refractivity contribution in [3.63, 3.8) is 0 Å². The number of hydrogen-bond acceptors (Lipinski definition) is 3. The van der Waals surface area contributed by atoms with Crippen LogP contribution < -0.4 is 0 Å². The number of nitrogens with zero attached hydrogens (tertiary/aromatic N) is 4. The van der Waals surface area contributed by atoms with E-state index in [0.717, 1.165) is 16.9 Å². The maximum atomic E-state index is 9.06. The molecule has 0 saturated heterocycles. The van der Waals surface area contributed by atoms with Gasteiger partial charge in [-0.2, -0.15) is 5.26 Å². The lowest BCUT2D eigenvalue weighted by Crippen LogP contribution is -2.06. The molecule has 0 aliphatic heterocycles. The summed E-state index contributed by atoms with van der Waals surface area (Å²) in [5, 5.41) is 17.7. The Morgan fingerprint density at radius 3 is 2.72 bits per heavy atom. The van der Waals surface area contributed by atoms with Crippen LogP contribution in [0, 0.1) is 18.3 Å². The van der Waals surface area contributed by atoms with E-state index in [0.29, 0.717) is 10.7 Å². The van der Waals surface area contributed by atoms with Gasteiger partial charge in [0.15, 0.2) is 5.69 Å². The number of hydrogen-bond donors (Lipinski definition) is 0. The average molecular weight is 261 g/mol. The van der Waals surface area contributed by atoms with Crippen molar-refractivity contribution < 1.29 is 0 Å². The Labute approximate surface area is 111 Å². The summed E-state index contributed by atoms with van der Waals surface area (Å²) >= 11 is 6.11. The quantitative estimate of drug-likeness (QED) is 0.833. The monoisotopic (exact) mass is 260 g/mol. The van der Waals surface area contributed by atoms with Gasteiger partial charge in [0.1, 0.15) is 6.07 Å². The van der Waals surface area contributed by atoms with Crippen LogP contribution in [-0.4, -0.2) is 15.0 Å². The van der Waals surface area contributed by atoms with Crippen LogP contribution in [0.15, 0.2) is 18.2 Å². The molecule has 4 nitrogen and oxygen atoms in total. The van der Waals surface area contributed by atoms with E-state index in [-0.39, 0.29) is 5.92 Å². The molecule has 0 fully saturated rings. The second kappa shape index (κ2) is 4.79. The van der Waals surface area contributed by atoms with E-state index >= 15 is 0 Å². The van der Waals surface area contributed by atoms with Crippen LogP contribution in [-0.2, 0) is 0 Å². The Hall–Kier alpha value is -1.86. The van der Waals surface area contributed by atoms with Crippen LogP contribution in [0.1, 0.15) is 36.7 Å². The molecule has 0 radical (unpaired) electrons. The first-order chi connectivity index (χ1) is 8.56. The van der Waals surface area contributed by atoms with Gasteiger partial charge in [0, 0.05) is 5.02 Å². The number of aromatic nitrogens is 3. The summed E-state index contributed by atoms with van der Waals surface area (Å²) in [5.41, 5.74) is 2.96. The minimum atomic E-state index is 0.160. The SMILES string of the molecule is Cc1c(Cl)cccc1-n1nnc(C#N)c1C(C)C. The Balaban J connectivity index is 2.69. The molecule has 0 atom stereocenters. The fourth-order valence-corrected chi connectivity index (χ4v) is 2.06. The fourth-order valence-electron chi connectivity index (χ4n) is 1.89. The van der Waals surface area contributed by atoms with Crippen molar-refractivity contribution in [2.75, 3.05) is 0 Å². The molecule has 2 rings (SSSR count). The summed E-state index contributed by atoms with van der Waals surface area (Å²) in [4.78, 5) is 0. The maximum Gasteiger partial charge on any atom is 0.186 e. The third-order valence-electron chi connectivity index (χ3n) is 2.83. The summed E-state index contributed by atoms with van der Waals surface area (Å²) in [6, 6.07) is 7.69. The summed E-state index contributed by atoms with van der Waals surface area (Å²) in [6.45, 7) is 5.95. The van der Waals surface area contributed by atoms with Gasteiger partial charge >= 0.3 is 0 Å². The molecule has 1 aromatic carbocycles. The van der Waals surface area contributed by atoms with Crippen molar-refractivity contribution in [1.82, 2.24) is 15.0 Å². The molecule has 1 heterocycles. The summed E-state index contributed by atoms with van der Waals surface area (Å²) in [7, 11) is 0. The minimum absolute atomic E-state index is 0.160. The lowest BCUT2D eigenvalue weighted by atomic mass is 10.1. The molecule has 0 spiro atoms. The van der Waals surface area contributed by atoms with E-state index in [4.69, 9.17) is 16.9 Å².